The van der Waals surface area contributed by atoms with Crippen molar-refractivity contribution in [3.05, 3.63) is 163 Å². The number of aromatic carboxylic acids is 2. The van der Waals surface area contributed by atoms with E-state index in [-0.39, 0.29) is 70.1 Å². The van der Waals surface area contributed by atoms with Crippen LogP contribution < -0.4 is 22.6 Å². The maximum Gasteiger partial charge on any atom is 0.371 e. The van der Waals surface area contributed by atoms with Gasteiger partial charge in [-0.05, 0) is 136 Å². The summed E-state index contributed by atoms with van der Waals surface area (Å²) in [6.45, 7) is 4.42. The molecule has 22 heteroatoms. The van der Waals surface area contributed by atoms with Gasteiger partial charge >= 0.3 is 11.9 Å². The van der Waals surface area contributed by atoms with Crippen molar-refractivity contribution < 1.29 is 49.1 Å². The SMILES string of the molecule is Cc1[nH]n(-c2ccc3c(c2)CCCC3)c(=O)c1N=Nc1cccc(-c2coc(C(=O)O)c2)c1O.Cc1[nH]n(-c2ccc3c(c2)CCCC3)c(=O)c1N=Nc1cccc(-c2coc(C(=O)O)c2)c1O.NCCO.NCCO. The highest BCUT2D eigenvalue weighted by Crippen LogP contribution is 2.40. The second kappa shape index (κ2) is 25.3. The van der Waals surface area contributed by atoms with Gasteiger partial charge in [0, 0.05) is 35.3 Å². The molecule has 76 heavy (non-hydrogen) atoms. The number of aliphatic hydroxyl groups excluding tert-OH is 2. The molecule has 0 amide bonds. The highest BCUT2D eigenvalue weighted by molar-refractivity contribution is 5.88. The van der Waals surface area contributed by atoms with Crippen LogP contribution >= 0.6 is 0 Å². The van der Waals surface area contributed by atoms with Gasteiger partial charge in [-0.1, -0.05) is 36.4 Å². The molecule has 0 radical (unpaired) electrons. The van der Waals surface area contributed by atoms with E-state index in [9.17, 15) is 29.4 Å². The zero-order valence-corrected chi connectivity index (χ0v) is 41.7. The van der Waals surface area contributed by atoms with Crippen molar-refractivity contribution in [1.82, 2.24) is 19.6 Å². The molecule has 2 aliphatic rings. The largest absolute Gasteiger partial charge is 0.505 e. The lowest BCUT2D eigenvalue weighted by molar-refractivity contribution is 0.0652. The number of aromatic hydroxyl groups is 2. The number of aryl methyl sites for hydroxylation is 6. The standard InChI is InChI=1S/2C25H22N4O5.2C2H7NO/c2*1-14-22(24(31)29(28-14)18-10-9-15-5-2-3-6-16(15)11-18)27-26-20-8-4-7-19(23(20)30)17-12-21(25(32)33)34-13-17;2*3-1-2-4/h2*4,7-13,28,30H,2-3,5-6H2,1H3,(H,32,33);2*4H,1-3H2. The van der Waals surface area contributed by atoms with Crippen molar-refractivity contribution in [2.45, 2.75) is 65.2 Å². The fourth-order valence-electron chi connectivity index (χ4n) is 8.47. The number of para-hydroxylation sites is 2. The smallest absolute Gasteiger partial charge is 0.371 e. The summed E-state index contributed by atoms with van der Waals surface area (Å²) in [5.41, 5.74) is 18.6. The van der Waals surface area contributed by atoms with Crippen LogP contribution in [0, 0.1) is 13.8 Å². The topological polar surface area (TPSA) is 359 Å². The number of benzene rings is 4. The first-order chi connectivity index (χ1) is 36.7. The van der Waals surface area contributed by atoms with Gasteiger partial charge in [0.15, 0.2) is 22.9 Å². The van der Waals surface area contributed by atoms with E-state index in [1.807, 2.05) is 24.3 Å². The van der Waals surface area contributed by atoms with Gasteiger partial charge in [0.1, 0.15) is 11.4 Å². The summed E-state index contributed by atoms with van der Waals surface area (Å²) < 4.78 is 12.9. The number of azo groups is 2. The third-order valence-electron chi connectivity index (χ3n) is 12.3. The average molecular weight is 1040 g/mol. The molecule has 10 rings (SSSR count). The Kier molecular flexibility index (Phi) is 18.3. The van der Waals surface area contributed by atoms with Gasteiger partial charge in [-0.3, -0.25) is 19.8 Å². The van der Waals surface area contributed by atoms with Gasteiger partial charge in [0.2, 0.25) is 11.5 Å². The molecule has 0 saturated carbocycles. The van der Waals surface area contributed by atoms with Crippen molar-refractivity contribution in [3.8, 4) is 45.1 Å². The van der Waals surface area contributed by atoms with Gasteiger partial charge in [0.25, 0.3) is 11.1 Å². The van der Waals surface area contributed by atoms with Gasteiger partial charge in [-0.2, -0.15) is 0 Å². The number of rotatable bonds is 12. The molecule has 396 valence electrons. The molecule has 0 aliphatic heterocycles. The Balaban J connectivity index is 0.000000194. The number of phenols is 2. The third kappa shape index (κ3) is 12.7. The lowest BCUT2D eigenvalue weighted by Crippen LogP contribution is -2.15. The quantitative estimate of drug-likeness (QED) is 0.0512. The highest BCUT2D eigenvalue weighted by atomic mass is 16.4. The third-order valence-corrected chi connectivity index (χ3v) is 12.3. The van der Waals surface area contributed by atoms with E-state index in [0.29, 0.717) is 46.7 Å². The van der Waals surface area contributed by atoms with E-state index in [2.05, 4.69) is 42.8 Å². The van der Waals surface area contributed by atoms with Gasteiger partial charge in [-0.15, -0.1) is 20.5 Å². The maximum absolute atomic E-state index is 13.1. The summed E-state index contributed by atoms with van der Waals surface area (Å²) in [5, 5.41) is 77.5. The fraction of sp³-hybridized carbons (Fsp3) is 0.259. The minimum Gasteiger partial charge on any atom is -0.505 e. The zero-order valence-electron chi connectivity index (χ0n) is 41.7. The molecule has 4 aromatic carbocycles. The monoisotopic (exact) mass is 1040 g/mol. The lowest BCUT2D eigenvalue weighted by Gasteiger charge is -2.16. The zero-order chi connectivity index (χ0) is 54.5. The molecule has 0 saturated heterocycles. The first-order valence-electron chi connectivity index (χ1n) is 24.3. The molecule has 8 aromatic rings. The van der Waals surface area contributed by atoms with E-state index in [1.165, 1.54) is 69.1 Å². The van der Waals surface area contributed by atoms with Gasteiger partial charge in [-0.25, -0.2) is 19.0 Å². The molecule has 0 spiro atoms. The number of aliphatic hydroxyl groups is 2. The normalized spacial score (nSPS) is 12.7. The van der Waals surface area contributed by atoms with Crippen molar-refractivity contribution >= 4 is 34.7 Å². The van der Waals surface area contributed by atoms with E-state index >= 15 is 0 Å². The number of aromatic nitrogens is 4. The summed E-state index contributed by atoms with van der Waals surface area (Å²) >= 11 is 0. The predicted octanol–water partition coefficient (Wildman–Crippen LogP) is 8.74. The van der Waals surface area contributed by atoms with Crippen molar-refractivity contribution in [3.63, 3.8) is 0 Å². The van der Waals surface area contributed by atoms with Crippen molar-refractivity contribution in [2.24, 2.45) is 31.9 Å². The van der Waals surface area contributed by atoms with Crippen LogP contribution in [-0.2, 0) is 25.7 Å². The number of hydrogen-bond donors (Lipinski definition) is 10. The van der Waals surface area contributed by atoms with Crippen LogP contribution in [0.15, 0.2) is 136 Å². The number of aromatic amines is 2. The molecule has 2 aliphatic carbocycles. The molecule has 0 bridgehead atoms. The van der Waals surface area contributed by atoms with Crippen molar-refractivity contribution in [2.75, 3.05) is 26.3 Å². The molecule has 12 N–H and O–H groups in total. The summed E-state index contributed by atoms with van der Waals surface area (Å²) in [4.78, 5) is 48.3. The number of phenolic OH excluding ortho intramolecular Hbond substituents is 2. The molecule has 4 aromatic heterocycles. The number of carboxylic acid groups (broad SMARTS) is 2. The summed E-state index contributed by atoms with van der Waals surface area (Å²) in [6.07, 6.45) is 11.3. The Bertz CT molecular complexity index is 3290. The lowest BCUT2D eigenvalue weighted by atomic mass is 9.91. The minimum atomic E-state index is -1.21. The number of nitrogens with zero attached hydrogens (tertiary/aromatic N) is 6. The van der Waals surface area contributed by atoms with Crippen LogP contribution in [0.5, 0.6) is 11.5 Å². The second-order valence-corrected chi connectivity index (χ2v) is 17.6. The number of carboxylic acids is 2. The van der Waals surface area contributed by atoms with Crippen LogP contribution in [0.25, 0.3) is 33.6 Å². The molecule has 4 heterocycles. The maximum atomic E-state index is 13.1. The van der Waals surface area contributed by atoms with Crippen LogP contribution in [-0.4, -0.2) is 88.4 Å². The number of carbonyl (C=O) groups is 2. The average Bonchev–Trinajstić information content (AvgIpc) is 4.25. The van der Waals surface area contributed by atoms with Gasteiger partial charge < -0.3 is 50.9 Å². The van der Waals surface area contributed by atoms with E-state index < -0.39 is 11.9 Å². The Morgan fingerprint density at radius 3 is 1.28 bits per heavy atom. The van der Waals surface area contributed by atoms with Crippen LogP contribution in [0.1, 0.15) is 80.4 Å². The molecular weight excluding hydrogens is 981 g/mol. The van der Waals surface area contributed by atoms with Crippen LogP contribution in [0.3, 0.4) is 0 Å². The van der Waals surface area contributed by atoms with E-state index in [0.717, 1.165) is 49.9 Å². The number of nitrogens with one attached hydrogen (secondary N) is 2. The molecule has 0 unspecified atom stereocenters. The second-order valence-electron chi connectivity index (χ2n) is 17.6. The van der Waals surface area contributed by atoms with Crippen molar-refractivity contribution in [1.29, 1.82) is 0 Å². The molecular formula is C54H58N10O12. The predicted molar refractivity (Wildman–Crippen MR) is 282 cm³/mol. The summed E-state index contributed by atoms with van der Waals surface area (Å²) in [7, 11) is 0. The van der Waals surface area contributed by atoms with Crippen LogP contribution in [0.2, 0.25) is 0 Å². The van der Waals surface area contributed by atoms with E-state index in [4.69, 9.17) is 40.7 Å². The first kappa shape index (κ1) is 54.8. The highest BCUT2D eigenvalue weighted by Gasteiger charge is 2.20. The number of furan rings is 2. The minimum absolute atomic E-state index is 0.0972. The van der Waals surface area contributed by atoms with Crippen LogP contribution in [0.4, 0.5) is 22.7 Å². The molecule has 0 fully saturated rings. The Labute approximate surface area is 433 Å². The molecule has 22 nitrogen and oxygen atoms in total. The number of H-pyrrole nitrogens is 2. The first-order valence-corrected chi connectivity index (χ1v) is 24.3. The summed E-state index contributed by atoms with van der Waals surface area (Å²) in [5.74, 6) is -3.31. The summed E-state index contributed by atoms with van der Waals surface area (Å²) in [6, 6.07) is 24.3. The Hall–Kier alpha value is -8.96. The van der Waals surface area contributed by atoms with Gasteiger partial charge in [0.05, 0.1) is 48.5 Å². The Morgan fingerprint density at radius 2 is 0.934 bits per heavy atom. The number of hydrogen-bond acceptors (Lipinski definition) is 16. The molecule has 0 atom stereocenters. The van der Waals surface area contributed by atoms with E-state index in [1.54, 1.807) is 50.2 Å². The Morgan fingerprint density at radius 1 is 0.566 bits per heavy atom. The number of fused-ring (bicyclic) bond motifs is 2. The fourth-order valence-corrected chi connectivity index (χ4v) is 8.47. The number of nitrogens with two attached hydrogens (primary N) is 2.